The van der Waals surface area contributed by atoms with E-state index in [1.807, 2.05) is 32.9 Å². The maximum atomic E-state index is 14.2. The molecule has 0 bridgehead atoms. The molecule has 0 radical (unpaired) electrons. The van der Waals surface area contributed by atoms with Crippen LogP contribution in [0.3, 0.4) is 0 Å². The third-order valence-corrected chi connectivity index (χ3v) is 11.8. The highest BCUT2D eigenvalue weighted by Gasteiger charge is 2.67. The molecule has 0 amide bonds. The van der Waals surface area contributed by atoms with Crippen LogP contribution < -0.4 is 0 Å². The number of hydrogen-bond donors (Lipinski definition) is 0. The summed E-state index contributed by atoms with van der Waals surface area (Å²) in [7, 11) is 0. The van der Waals surface area contributed by atoms with Crippen molar-refractivity contribution < 1.29 is 19.1 Å². The first-order valence-electron chi connectivity index (χ1n) is 14.3. The Morgan fingerprint density at radius 2 is 1.73 bits per heavy atom. The van der Waals surface area contributed by atoms with Crippen LogP contribution in [0.5, 0.6) is 0 Å². The van der Waals surface area contributed by atoms with Crippen molar-refractivity contribution in [2.45, 2.75) is 93.4 Å². The van der Waals surface area contributed by atoms with Crippen LogP contribution in [0.4, 0.5) is 0 Å². The number of hydrogen-bond acceptors (Lipinski definition) is 5. The van der Waals surface area contributed by atoms with Gasteiger partial charge in [-0.3, -0.25) is 14.4 Å². The van der Waals surface area contributed by atoms with Crippen molar-refractivity contribution in [1.29, 1.82) is 5.26 Å². The Kier molecular flexibility index (Phi) is 5.81. The maximum absolute atomic E-state index is 14.2. The second kappa shape index (κ2) is 8.14. The van der Waals surface area contributed by atoms with Crippen LogP contribution in [0.25, 0.3) is 0 Å². The number of nitriles is 1. The number of nitrogens with zero attached hydrogens (tertiary/aromatic N) is 1. The van der Waals surface area contributed by atoms with E-state index >= 15 is 0 Å². The zero-order chi connectivity index (χ0) is 27.2. The maximum Gasteiger partial charge on any atom is 0.312 e. The fourth-order valence-corrected chi connectivity index (χ4v) is 9.90. The van der Waals surface area contributed by atoms with Crippen LogP contribution in [0.2, 0.25) is 0 Å². The van der Waals surface area contributed by atoms with Gasteiger partial charge in [-0.05, 0) is 86.5 Å². The van der Waals surface area contributed by atoms with Crippen LogP contribution in [-0.4, -0.2) is 24.1 Å². The summed E-state index contributed by atoms with van der Waals surface area (Å²) in [6, 6.07) is 2.17. The molecule has 0 spiro atoms. The first-order chi connectivity index (χ1) is 17.2. The molecule has 4 unspecified atom stereocenters. The van der Waals surface area contributed by atoms with Crippen LogP contribution in [0.1, 0.15) is 93.4 Å². The summed E-state index contributed by atoms with van der Waals surface area (Å²) >= 11 is 0. The molecule has 5 heteroatoms. The van der Waals surface area contributed by atoms with Gasteiger partial charge in [0.25, 0.3) is 0 Å². The van der Waals surface area contributed by atoms with E-state index in [0.717, 1.165) is 50.5 Å². The number of Topliss-reactive ketones (excluding diaryl/α,β-unsaturated/α-hetero) is 1. The number of rotatable bonds is 2. The lowest BCUT2D eigenvalue weighted by molar-refractivity contribution is -0.180. The minimum Gasteiger partial charge on any atom is -0.466 e. The van der Waals surface area contributed by atoms with Gasteiger partial charge in [-0.15, -0.1) is 0 Å². The fraction of sp³-hybridized carbons (Fsp3) is 0.750. The number of fused-ring (bicyclic) bond motifs is 7. The van der Waals surface area contributed by atoms with Gasteiger partial charge in [0.1, 0.15) is 6.07 Å². The molecule has 37 heavy (non-hydrogen) atoms. The molecule has 3 fully saturated rings. The van der Waals surface area contributed by atoms with Gasteiger partial charge in [-0.1, -0.05) is 53.2 Å². The van der Waals surface area contributed by atoms with E-state index < -0.39 is 16.2 Å². The second-order valence-electron chi connectivity index (χ2n) is 14.5. The van der Waals surface area contributed by atoms with E-state index in [0.29, 0.717) is 6.61 Å². The average molecular weight is 506 g/mol. The smallest absolute Gasteiger partial charge is 0.312 e. The minimum atomic E-state index is -0.657. The molecular formula is C32H43NO4. The van der Waals surface area contributed by atoms with E-state index in [-0.39, 0.29) is 57.6 Å². The van der Waals surface area contributed by atoms with E-state index in [9.17, 15) is 19.6 Å². The summed E-state index contributed by atoms with van der Waals surface area (Å²) in [5, 5.41) is 9.83. The van der Waals surface area contributed by atoms with E-state index in [2.05, 4.69) is 33.8 Å². The van der Waals surface area contributed by atoms with Crippen LogP contribution >= 0.6 is 0 Å². The molecular weight excluding hydrogens is 462 g/mol. The Bertz CT molecular complexity index is 1170. The Morgan fingerprint density at radius 3 is 2.38 bits per heavy atom. The number of allylic oxidation sites excluding steroid dienone is 4. The van der Waals surface area contributed by atoms with Crippen molar-refractivity contribution in [3.05, 3.63) is 23.3 Å². The first-order valence-corrected chi connectivity index (χ1v) is 14.3. The SMILES string of the molecule is CCOC(=O)[C@@]12CCC3C(C(=O)C=C4[C@@]5(C)C=C(C#N)C(=O)C(C)(C)C5CC[C@]43C)C1CC(C)(C)CC2. The zero-order valence-corrected chi connectivity index (χ0v) is 23.7. The fourth-order valence-electron chi connectivity index (χ4n) is 9.90. The van der Waals surface area contributed by atoms with Gasteiger partial charge in [0, 0.05) is 16.7 Å². The lowest BCUT2D eigenvalue weighted by Crippen LogP contribution is -2.62. The van der Waals surface area contributed by atoms with E-state index in [4.69, 9.17) is 4.74 Å². The van der Waals surface area contributed by atoms with Gasteiger partial charge in [0.05, 0.1) is 17.6 Å². The largest absolute Gasteiger partial charge is 0.466 e. The number of carbonyl (C=O) groups excluding carboxylic acids is 3. The zero-order valence-electron chi connectivity index (χ0n) is 23.7. The number of carbonyl (C=O) groups is 3. The monoisotopic (exact) mass is 505 g/mol. The summed E-state index contributed by atoms with van der Waals surface area (Å²) in [6.07, 6.45) is 9.81. The molecule has 0 aliphatic heterocycles. The highest BCUT2D eigenvalue weighted by atomic mass is 16.5. The first kappa shape index (κ1) is 26.4. The Morgan fingerprint density at radius 1 is 1.03 bits per heavy atom. The van der Waals surface area contributed by atoms with Gasteiger partial charge >= 0.3 is 5.97 Å². The Balaban J connectivity index is 1.65. The molecule has 200 valence electrons. The molecule has 0 heterocycles. The van der Waals surface area contributed by atoms with Gasteiger partial charge in [0.15, 0.2) is 11.6 Å². The van der Waals surface area contributed by atoms with E-state index in [1.54, 1.807) is 0 Å². The Hall–Kier alpha value is -2.22. The third-order valence-electron chi connectivity index (χ3n) is 11.8. The molecule has 0 saturated heterocycles. The predicted molar refractivity (Wildman–Crippen MR) is 141 cm³/mol. The van der Waals surface area contributed by atoms with Crippen molar-refractivity contribution in [3.63, 3.8) is 0 Å². The predicted octanol–water partition coefficient (Wildman–Crippen LogP) is 6.38. The van der Waals surface area contributed by atoms with Crippen molar-refractivity contribution in [1.82, 2.24) is 0 Å². The summed E-state index contributed by atoms with van der Waals surface area (Å²) < 4.78 is 5.66. The highest BCUT2D eigenvalue weighted by molar-refractivity contribution is 6.04. The minimum absolute atomic E-state index is 0.0173. The molecule has 5 nitrogen and oxygen atoms in total. The van der Waals surface area contributed by atoms with Crippen LogP contribution in [-0.2, 0) is 19.1 Å². The van der Waals surface area contributed by atoms with Gasteiger partial charge in [0.2, 0.25) is 0 Å². The molecule has 3 saturated carbocycles. The normalized spacial score (nSPS) is 43.6. The van der Waals surface area contributed by atoms with Crippen LogP contribution in [0, 0.1) is 62.1 Å². The molecule has 0 aromatic rings. The van der Waals surface area contributed by atoms with Crippen molar-refractivity contribution in [3.8, 4) is 6.07 Å². The highest BCUT2D eigenvalue weighted by Crippen LogP contribution is 2.70. The van der Waals surface area contributed by atoms with Gasteiger partial charge in [-0.25, -0.2) is 0 Å². The third kappa shape index (κ3) is 3.43. The molecule has 0 N–H and O–H groups in total. The van der Waals surface area contributed by atoms with Gasteiger partial charge in [-0.2, -0.15) is 5.26 Å². The second-order valence-corrected chi connectivity index (χ2v) is 14.5. The molecule has 5 rings (SSSR count). The summed E-state index contributed by atoms with van der Waals surface area (Å²) in [5.74, 6) is -0.0601. The summed E-state index contributed by atoms with van der Waals surface area (Å²) in [5.41, 5.74) is -0.544. The molecule has 0 aromatic heterocycles. The molecule has 0 aromatic carbocycles. The lowest BCUT2D eigenvalue weighted by atomic mass is 9.38. The number of ketones is 2. The summed E-state index contributed by atoms with van der Waals surface area (Å²) in [4.78, 5) is 40.9. The lowest BCUT2D eigenvalue weighted by Gasteiger charge is -2.64. The summed E-state index contributed by atoms with van der Waals surface area (Å²) in [6.45, 7) is 15.2. The average Bonchev–Trinajstić information content (AvgIpc) is 2.82. The topological polar surface area (TPSA) is 84.2 Å². The van der Waals surface area contributed by atoms with Crippen molar-refractivity contribution in [2.75, 3.05) is 6.61 Å². The number of esters is 1. The molecule has 7 atom stereocenters. The Labute approximate surface area is 222 Å². The van der Waals surface area contributed by atoms with Crippen LogP contribution in [0.15, 0.2) is 23.3 Å². The quantitative estimate of drug-likeness (QED) is 0.407. The van der Waals surface area contributed by atoms with Crippen molar-refractivity contribution in [2.24, 2.45) is 50.7 Å². The molecule has 5 aliphatic rings. The molecule has 5 aliphatic carbocycles. The van der Waals surface area contributed by atoms with Crippen molar-refractivity contribution >= 4 is 17.5 Å². The standard InChI is InChI=1S/C32H43NO4/c1-8-37-27(36)32-12-9-20-25(21(32)17-28(2,3)13-14-32)22(34)15-24-30(20,6)11-10-23-29(4,5)26(35)19(18-33)16-31(23,24)7/h15-16,20-21,23,25H,8-14,17H2,1-7H3/t20?,21?,23?,25?,30-,31-,32+/m0/s1. The number of ether oxygens (including phenoxy) is 1. The van der Waals surface area contributed by atoms with Gasteiger partial charge < -0.3 is 4.74 Å². The van der Waals surface area contributed by atoms with E-state index in [1.165, 1.54) is 0 Å².